The van der Waals surface area contributed by atoms with Crippen molar-refractivity contribution in [2.75, 3.05) is 6.54 Å². The number of hydrogen-bond acceptors (Lipinski definition) is 6. The molecule has 4 saturated heterocycles. The Hall–Kier alpha value is -1.63. The second kappa shape index (κ2) is 6.19. The number of cyclic esters (lactones) is 1. The summed E-state index contributed by atoms with van der Waals surface area (Å²) in [5, 5.41) is 12.3. The van der Waals surface area contributed by atoms with Gasteiger partial charge in [0, 0.05) is 24.8 Å². The minimum Gasteiger partial charge on any atom is -0.461 e. The van der Waals surface area contributed by atoms with Crippen LogP contribution in [0.5, 0.6) is 0 Å². The van der Waals surface area contributed by atoms with Gasteiger partial charge in [-0.2, -0.15) is 0 Å². The van der Waals surface area contributed by atoms with Gasteiger partial charge in [0.2, 0.25) is 5.91 Å². The van der Waals surface area contributed by atoms with Crippen molar-refractivity contribution in [3.63, 3.8) is 0 Å². The Labute approximate surface area is 171 Å². The van der Waals surface area contributed by atoms with Crippen LogP contribution in [0.2, 0.25) is 0 Å². The van der Waals surface area contributed by atoms with Gasteiger partial charge in [0.05, 0.1) is 28.9 Å². The van der Waals surface area contributed by atoms with E-state index < -0.39 is 29.1 Å². The highest BCUT2D eigenvalue weighted by atomic mass is 16.6. The molecule has 1 amide bonds. The maximum Gasteiger partial charge on any atom is 0.309 e. The zero-order valence-corrected chi connectivity index (χ0v) is 17.4. The summed E-state index contributed by atoms with van der Waals surface area (Å²) >= 11 is 0. The Bertz CT molecular complexity index is 768. The average Bonchev–Trinajstić information content (AvgIpc) is 3.19. The summed E-state index contributed by atoms with van der Waals surface area (Å²) in [4.78, 5) is 40.4. The molecule has 5 aliphatic rings. The molecule has 0 aromatic heterocycles. The number of piperidine rings is 1. The molecule has 29 heavy (non-hydrogen) atoms. The van der Waals surface area contributed by atoms with E-state index in [4.69, 9.17) is 9.47 Å². The highest BCUT2D eigenvalue weighted by molar-refractivity contribution is 5.89. The molecule has 2 unspecified atom stereocenters. The predicted octanol–water partition coefficient (Wildman–Crippen LogP) is 1.66. The molecule has 7 heteroatoms. The molecule has 9 atom stereocenters. The first-order valence-electron chi connectivity index (χ1n) is 11.2. The lowest BCUT2D eigenvalue weighted by Crippen LogP contribution is -2.69. The van der Waals surface area contributed by atoms with Crippen LogP contribution in [0.4, 0.5) is 0 Å². The van der Waals surface area contributed by atoms with Gasteiger partial charge in [0.25, 0.3) is 0 Å². The molecule has 2 bridgehead atoms. The minimum atomic E-state index is -1.31. The van der Waals surface area contributed by atoms with Gasteiger partial charge in [0.1, 0.15) is 12.2 Å². The summed E-state index contributed by atoms with van der Waals surface area (Å²) in [6.07, 6.45) is 3.14. The molecule has 5 fully saturated rings. The first-order valence-corrected chi connectivity index (χ1v) is 11.2. The van der Waals surface area contributed by atoms with E-state index in [0.29, 0.717) is 32.2 Å². The molecule has 1 spiro atoms. The molecule has 160 valence electrons. The van der Waals surface area contributed by atoms with E-state index in [2.05, 4.69) is 0 Å². The topological polar surface area (TPSA) is 93.1 Å². The number of amides is 1. The van der Waals surface area contributed by atoms with Gasteiger partial charge in [-0.15, -0.1) is 0 Å². The lowest BCUT2D eigenvalue weighted by atomic mass is 9.58. The molecule has 4 heterocycles. The van der Waals surface area contributed by atoms with Crippen LogP contribution in [0, 0.1) is 29.1 Å². The van der Waals surface area contributed by atoms with Gasteiger partial charge >= 0.3 is 11.9 Å². The van der Waals surface area contributed by atoms with Crippen LogP contribution in [-0.4, -0.2) is 58.2 Å². The van der Waals surface area contributed by atoms with Gasteiger partial charge in [-0.05, 0) is 25.7 Å². The average molecular weight is 405 g/mol. The normalized spacial score (nSPS) is 51.4. The predicted molar refractivity (Wildman–Crippen MR) is 101 cm³/mol. The van der Waals surface area contributed by atoms with Crippen LogP contribution in [0.3, 0.4) is 0 Å². The number of hydrogen-bond donors (Lipinski definition) is 1. The highest BCUT2D eigenvalue weighted by Crippen LogP contribution is 2.67. The fourth-order valence-corrected chi connectivity index (χ4v) is 7.53. The van der Waals surface area contributed by atoms with Crippen LogP contribution < -0.4 is 0 Å². The van der Waals surface area contributed by atoms with Crippen molar-refractivity contribution in [1.82, 2.24) is 4.90 Å². The van der Waals surface area contributed by atoms with E-state index in [0.717, 1.165) is 12.8 Å². The van der Waals surface area contributed by atoms with Gasteiger partial charge < -0.3 is 19.5 Å². The summed E-state index contributed by atoms with van der Waals surface area (Å²) in [5.74, 6) is -1.72. The first-order chi connectivity index (χ1) is 13.8. The standard InChI is InChI=1S/C22H31NO6/c1-4-13-17-16(12(3)19(25)29-17)22(27)10-14(15-9-11(2)18(24)28-15)23-8-6-5-7-21(13,22)20(23)26/h11-17,27H,4-10H2,1-3H3/t11-,12+,13-,14-,15-,16?,17?,21-,22-/m0/s1. The van der Waals surface area contributed by atoms with Gasteiger partial charge in [-0.3, -0.25) is 14.4 Å². The second-order valence-corrected chi connectivity index (χ2v) is 9.97. The van der Waals surface area contributed by atoms with E-state index in [1.54, 1.807) is 0 Å². The highest BCUT2D eigenvalue weighted by Gasteiger charge is 2.78. The third-order valence-corrected chi connectivity index (χ3v) is 8.78. The van der Waals surface area contributed by atoms with E-state index >= 15 is 0 Å². The molecule has 4 aliphatic heterocycles. The molecule has 5 rings (SSSR count). The quantitative estimate of drug-likeness (QED) is 0.703. The molecular formula is C22H31NO6. The van der Waals surface area contributed by atoms with Crippen LogP contribution in [0.25, 0.3) is 0 Å². The molecule has 7 nitrogen and oxygen atoms in total. The van der Waals surface area contributed by atoms with Crippen molar-refractivity contribution in [3.8, 4) is 0 Å². The van der Waals surface area contributed by atoms with Crippen molar-refractivity contribution in [2.45, 2.75) is 83.1 Å². The summed E-state index contributed by atoms with van der Waals surface area (Å²) < 4.78 is 11.4. The lowest BCUT2D eigenvalue weighted by Gasteiger charge is -2.55. The van der Waals surface area contributed by atoms with E-state index in [9.17, 15) is 19.5 Å². The van der Waals surface area contributed by atoms with E-state index in [-0.39, 0.29) is 41.6 Å². The van der Waals surface area contributed by atoms with Crippen molar-refractivity contribution in [1.29, 1.82) is 0 Å². The molecule has 1 saturated carbocycles. The van der Waals surface area contributed by atoms with Crippen LogP contribution in [0.15, 0.2) is 0 Å². The Balaban J connectivity index is 1.63. The molecule has 0 radical (unpaired) electrons. The largest absolute Gasteiger partial charge is 0.461 e. The van der Waals surface area contributed by atoms with E-state index in [1.165, 1.54) is 0 Å². The summed E-state index contributed by atoms with van der Waals surface area (Å²) in [6.45, 7) is 6.31. The van der Waals surface area contributed by atoms with Gasteiger partial charge in [-0.25, -0.2) is 0 Å². The SMILES string of the molecule is CC[C@H]1C2OC(=O)[C@H](C)C2[C@@]2(O)C[C@@H]([C@@H]3C[C@H](C)C(=O)O3)N3CCCC[C@@]12C3=O. The van der Waals surface area contributed by atoms with Crippen molar-refractivity contribution in [2.24, 2.45) is 29.1 Å². The van der Waals surface area contributed by atoms with Crippen LogP contribution in [0.1, 0.15) is 59.3 Å². The third kappa shape index (κ3) is 2.20. The number of carbonyl (C=O) groups excluding carboxylic acids is 3. The minimum absolute atomic E-state index is 0.0196. The number of ether oxygens (including phenoxy) is 2. The molecule has 0 aromatic rings. The summed E-state index contributed by atoms with van der Waals surface area (Å²) in [7, 11) is 0. The number of fused-ring (bicyclic) bond motifs is 3. The fraction of sp³-hybridized carbons (Fsp3) is 0.864. The Morgan fingerprint density at radius 2 is 1.90 bits per heavy atom. The Morgan fingerprint density at radius 1 is 1.14 bits per heavy atom. The van der Waals surface area contributed by atoms with Crippen LogP contribution in [-0.2, 0) is 23.9 Å². The first kappa shape index (κ1) is 19.3. The Kier molecular flexibility index (Phi) is 4.13. The summed E-state index contributed by atoms with van der Waals surface area (Å²) in [6, 6.07) is -0.341. The zero-order valence-electron chi connectivity index (χ0n) is 17.4. The van der Waals surface area contributed by atoms with Crippen molar-refractivity contribution < 1.29 is 29.0 Å². The molecular weight excluding hydrogens is 374 g/mol. The second-order valence-electron chi connectivity index (χ2n) is 9.97. The fourth-order valence-electron chi connectivity index (χ4n) is 7.53. The number of esters is 2. The number of nitrogens with zero attached hydrogens (tertiary/aromatic N) is 1. The third-order valence-electron chi connectivity index (χ3n) is 8.78. The number of rotatable bonds is 2. The van der Waals surface area contributed by atoms with Crippen molar-refractivity contribution >= 4 is 17.8 Å². The molecule has 1 N–H and O–H groups in total. The zero-order chi connectivity index (χ0) is 20.7. The maximum atomic E-state index is 14.0. The molecule has 0 aromatic carbocycles. The monoisotopic (exact) mass is 405 g/mol. The van der Waals surface area contributed by atoms with Crippen molar-refractivity contribution in [3.05, 3.63) is 0 Å². The number of carbonyl (C=O) groups is 3. The van der Waals surface area contributed by atoms with Crippen LogP contribution >= 0.6 is 0 Å². The molecule has 1 aliphatic carbocycles. The van der Waals surface area contributed by atoms with Gasteiger partial charge in [-0.1, -0.05) is 27.2 Å². The van der Waals surface area contributed by atoms with Gasteiger partial charge in [0.15, 0.2) is 0 Å². The smallest absolute Gasteiger partial charge is 0.309 e. The van der Waals surface area contributed by atoms with E-state index in [1.807, 2.05) is 25.7 Å². The lowest BCUT2D eigenvalue weighted by molar-refractivity contribution is -0.200. The maximum absolute atomic E-state index is 14.0. The summed E-state index contributed by atoms with van der Waals surface area (Å²) in [5.41, 5.74) is -2.22. The number of aliphatic hydroxyl groups is 1. The Morgan fingerprint density at radius 3 is 2.55 bits per heavy atom.